The summed E-state index contributed by atoms with van der Waals surface area (Å²) in [5, 5.41) is 21.6. The number of hydrogen-bond acceptors (Lipinski definition) is 5. The number of carbonyl (C=O) groups excluding carboxylic acids is 2. The number of carbonyl (C=O) groups is 4. The first-order chi connectivity index (χ1) is 13.6. The highest BCUT2D eigenvalue weighted by atomic mass is 16.4. The van der Waals surface area contributed by atoms with Gasteiger partial charge in [-0.05, 0) is 24.8 Å². The highest BCUT2D eigenvalue weighted by Crippen LogP contribution is 2.21. The molecule has 1 aliphatic rings. The molecule has 3 atom stereocenters. The Morgan fingerprint density at radius 3 is 2.28 bits per heavy atom. The normalized spacial score (nSPS) is 18.8. The molecule has 1 aliphatic heterocycles. The van der Waals surface area contributed by atoms with E-state index in [1.54, 1.807) is 24.3 Å². The zero-order valence-electron chi connectivity index (χ0n) is 16.7. The molecule has 0 bridgehead atoms. The number of imide groups is 1. The van der Waals surface area contributed by atoms with Gasteiger partial charge >= 0.3 is 18.0 Å². The van der Waals surface area contributed by atoms with Crippen LogP contribution in [0.2, 0.25) is 0 Å². The fraction of sp³-hybridized carbons (Fsp3) is 0.500. The number of carboxylic acids is 2. The van der Waals surface area contributed by atoms with E-state index in [1.807, 2.05) is 19.9 Å². The molecule has 1 aromatic rings. The molecule has 3 N–H and O–H groups in total. The Bertz CT molecular complexity index is 767. The Labute approximate surface area is 169 Å². The maximum atomic E-state index is 12.9. The van der Waals surface area contributed by atoms with Crippen LogP contribution in [-0.2, 0) is 20.9 Å². The maximum absolute atomic E-state index is 12.9. The lowest BCUT2D eigenvalue weighted by molar-refractivity contribution is -0.147. The lowest BCUT2D eigenvalue weighted by atomic mass is 10.0. The van der Waals surface area contributed by atoms with Crippen molar-refractivity contribution in [1.82, 2.24) is 15.1 Å². The maximum Gasteiger partial charge on any atom is 0.328 e. The molecule has 0 saturated carbocycles. The van der Waals surface area contributed by atoms with Crippen molar-refractivity contribution in [2.24, 2.45) is 5.92 Å². The Morgan fingerprint density at radius 1 is 1.14 bits per heavy atom. The summed E-state index contributed by atoms with van der Waals surface area (Å²) in [4.78, 5) is 50.8. The van der Waals surface area contributed by atoms with Crippen molar-refractivity contribution in [3.05, 3.63) is 35.9 Å². The van der Waals surface area contributed by atoms with Gasteiger partial charge in [-0.1, -0.05) is 44.2 Å². The molecule has 1 aromatic carbocycles. The summed E-state index contributed by atoms with van der Waals surface area (Å²) in [5.41, 5.74) is 0.813. The number of aliphatic carboxylic acids is 2. The number of urea groups is 1. The van der Waals surface area contributed by atoms with E-state index in [9.17, 15) is 29.4 Å². The monoisotopic (exact) mass is 405 g/mol. The number of nitrogens with one attached hydrogen (secondary N) is 1. The number of nitrogens with zero attached hydrogens (tertiary/aromatic N) is 2. The third kappa shape index (κ3) is 5.54. The van der Waals surface area contributed by atoms with Gasteiger partial charge in [-0.15, -0.1) is 0 Å². The van der Waals surface area contributed by atoms with Gasteiger partial charge in [0.1, 0.15) is 6.04 Å². The van der Waals surface area contributed by atoms with Crippen molar-refractivity contribution in [1.29, 1.82) is 0 Å². The van der Waals surface area contributed by atoms with E-state index >= 15 is 0 Å². The average molecular weight is 405 g/mol. The summed E-state index contributed by atoms with van der Waals surface area (Å²) in [5.74, 6) is -3.07. The molecule has 29 heavy (non-hydrogen) atoms. The minimum absolute atomic E-state index is 0.0763. The summed E-state index contributed by atoms with van der Waals surface area (Å²) in [7, 11) is 0. The van der Waals surface area contributed by atoms with Crippen molar-refractivity contribution in [3.63, 3.8) is 0 Å². The Hall–Kier alpha value is -2.94. The van der Waals surface area contributed by atoms with Crippen molar-refractivity contribution >= 4 is 23.9 Å². The zero-order valence-corrected chi connectivity index (χ0v) is 16.7. The van der Waals surface area contributed by atoms with Crippen LogP contribution in [0.3, 0.4) is 0 Å². The zero-order chi connectivity index (χ0) is 21.7. The van der Waals surface area contributed by atoms with E-state index in [4.69, 9.17) is 0 Å². The van der Waals surface area contributed by atoms with Crippen molar-refractivity contribution in [2.45, 2.75) is 51.9 Å². The second-order valence-electron chi connectivity index (χ2n) is 7.62. The van der Waals surface area contributed by atoms with E-state index in [-0.39, 0.29) is 19.0 Å². The van der Waals surface area contributed by atoms with E-state index in [2.05, 4.69) is 5.32 Å². The van der Waals surface area contributed by atoms with Gasteiger partial charge in [0.2, 0.25) is 5.91 Å². The SMILES string of the molecule is CC(C)C[C@H](N[C@H](C)C(=O)N1C(=O)N(Cc2ccccc2)C[C@H]1C(=O)O)C(=O)O. The minimum Gasteiger partial charge on any atom is -0.480 e. The molecule has 0 radical (unpaired) electrons. The van der Waals surface area contributed by atoms with Gasteiger partial charge in [-0.3, -0.25) is 14.9 Å². The highest BCUT2D eigenvalue weighted by molar-refractivity contribution is 6.02. The fourth-order valence-electron chi connectivity index (χ4n) is 3.32. The third-order valence-corrected chi connectivity index (χ3v) is 4.75. The standard InChI is InChI=1S/C20H27N3O6/c1-12(2)9-15(18(25)26)21-13(3)17(24)23-16(19(27)28)11-22(20(23)29)10-14-7-5-4-6-8-14/h4-8,12-13,15-16,21H,9-11H2,1-3H3,(H,25,26)(H,27,28)/t13-,15+,16+/m1/s1. The van der Waals surface area contributed by atoms with E-state index in [0.717, 1.165) is 10.5 Å². The predicted octanol–water partition coefficient (Wildman–Crippen LogP) is 1.38. The van der Waals surface area contributed by atoms with Crippen LogP contribution in [0.25, 0.3) is 0 Å². The van der Waals surface area contributed by atoms with Crippen molar-refractivity contribution in [3.8, 4) is 0 Å². The summed E-state index contributed by atoms with van der Waals surface area (Å²) < 4.78 is 0. The molecule has 9 heteroatoms. The summed E-state index contributed by atoms with van der Waals surface area (Å²) in [6.45, 7) is 5.20. The van der Waals surface area contributed by atoms with Crippen LogP contribution in [0.1, 0.15) is 32.8 Å². The molecular formula is C20H27N3O6. The van der Waals surface area contributed by atoms with Crippen LogP contribution in [0.15, 0.2) is 30.3 Å². The van der Waals surface area contributed by atoms with E-state index in [1.165, 1.54) is 11.8 Å². The van der Waals surface area contributed by atoms with E-state index < -0.39 is 42.0 Å². The quantitative estimate of drug-likeness (QED) is 0.566. The van der Waals surface area contributed by atoms with Crippen molar-refractivity contribution < 1.29 is 29.4 Å². The molecule has 0 aliphatic carbocycles. The minimum atomic E-state index is -1.32. The molecule has 9 nitrogen and oxygen atoms in total. The molecule has 158 valence electrons. The van der Waals surface area contributed by atoms with Crippen LogP contribution in [0, 0.1) is 5.92 Å². The third-order valence-electron chi connectivity index (χ3n) is 4.75. The summed E-state index contributed by atoms with van der Waals surface area (Å²) in [6, 6.07) is 5.02. The lowest BCUT2D eigenvalue weighted by Gasteiger charge is -2.26. The molecule has 2 rings (SSSR count). The van der Waals surface area contributed by atoms with Gasteiger partial charge in [0.15, 0.2) is 6.04 Å². The highest BCUT2D eigenvalue weighted by Gasteiger charge is 2.46. The van der Waals surface area contributed by atoms with E-state index in [0.29, 0.717) is 6.42 Å². The smallest absolute Gasteiger partial charge is 0.328 e. The topological polar surface area (TPSA) is 127 Å². The second kappa shape index (κ2) is 9.51. The first kappa shape index (κ1) is 22.4. The first-order valence-electron chi connectivity index (χ1n) is 9.49. The summed E-state index contributed by atoms with van der Waals surface area (Å²) >= 11 is 0. The Balaban J connectivity index is 2.16. The lowest BCUT2D eigenvalue weighted by Crippen LogP contribution is -2.54. The summed E-state index contributed by atoms with van der Waals surface area (Å²) in [6.07, 6.45) is 0.295. The predicted molar refractivity (Wildman–Crippen MR) is 104 cm³/mol. The number of carboxylic acid groups (broad SMARTS) is 2. The number of rotatable bonds is 9. The van der Waals surface area contributed by atoms with Crippen molar-refractivity contribution in [2.75, 3.05) is 6.54 Å². The fourth-order valence-corrected chi connectivity index (χ4v) is 3.32. The molecule has 3 amide bonds. The van der Waals surface area contributed by atoms with Crippen LogP contribution in [-0.4, -0.2) is 68.6 Å². The van der Waals surface area contributed by atoms with Gasteiger partial charge in [0.05, 0.1) is 12.6 Å². The molecular weight excluding hydrogens is 378 g/mol. The number of amides is 3. The molecule has 0 unspecified atom stereocenters. The van der Waals surface area contributed by atoms with Crippen LogP contribution < -0.4 is 5.32 Å². The molecule has 0 spiro atoms. The molecule has 1 saturated heterocycles. The average Bonchev–Trinajstić information content (AvgIpc) is 2.97. The van der Waals surface area contributed by atoms with Gasteiger partial charge < -0.3 is 15.1 Å². The molecule has 0 aromatic heterocycles. The van der Waals surface area contributed by atoms with Crippen LogP contribution in [0.5, 0.6) is 0 Å². The number of benzene rings is 1. The number of hydrogen-bond donors (Lipinski definition) is 3. The van der Waals surface area contributed by atoms with Gasteiger partial charge in [-0.2, -0.15) is 0 Å². The first-order valence-corrected chi connectivity index (χ1v) is 9.49. The Morgan fingerprint density at radius 2 is 1.76 bits per heavy atom. The second-order valence-corrected chi connectivity index (χ2v) is 7.62. The Kier molecular flexibility index (Phi) is 7.33. The molecule has 1 fully saturated rings. The van der Waals surface area contributed by atoms with Gasteiger partial charge in [-0.25, -0.2) is 14.5 Å². The molecule has 1 heterocycles. The van der Waals surface area contributed by atoms with Crippen LogP contribution in [0.4, 0.5) is 4.79 Å². The van der Waals surface area contributed by atoms with Gasteiger partial charge in [0, 0.05) is 6.54 Å². The largest absolute Gasteiger partial charge is 0.480 e. The van der Waals surface area contributed by atoms with Gasteiger partial charge in [0.25, 0.3) is 0 Å². The van der Waals surface area contributed by atoms with Crippen LogP contribution >= 0.6 is 0 Å².